The topological polar surface area (TPSA) is 12.0 Å². The van der Waals surface area contributed by atoms with Crippen molar-refractivity contribution < 1.29 is 4.39 Å². The number of hydrogen-bond acceptors (Lipinski definition) is 1. The monoisotopic (exact) mass is 355 g/mol. The molecule has 0 saturated heterocycles. The van der Waals surface area contributed by atoms with E-state index in [1.165, 1.54) is 11.6 Å². The lowest BCUT2D eigenvalue weighted by molar-refractivity contribution is 0.553. The largest absolute Gasteiger partial charge is 0.313 e. The van der Waals surface area contributed by atoms with Gasteiger partial charge in [-0.25, -0.2) is 4.39 Å². The van der Waals surface area contributed by atoms with E-state index in [1.807, 2.05) is 14.0 Å². The molecule has 20 heavy (non-hydrogen) atoms. The summed E-state index contributed by atoms with van der Waals surface area (Å²) in [6.07, 6.45) is 0.546. The lowest BCUT2D eigenvalue weighted by atomic mass is 9.98. The van der Waals surface area contributed by atoms with Gasteiger partial charge in [-0.15, -0.1) is 0 Å². The van der Waals surface area contributed by atoms with E-state index in [1.54, 1.807) is 12.1 Å². The quantitative estimate of drug-likeness (QED) is 0.808. The Morgan fingerprint density at radius 3 is 2.65 bits per heavy atom. The highest BCUT2D eigenvalue weighted by atomic mass is 79.9. The summed E-state index contributed by atoms with van der Waals surface area (Å²) in [6, 6.07) is 10.9. The number of halogens is 3. The Balaban J connectivity index is 2.31. The van der Waals surface area contributed by atoms with E-state index < -0.39 is 0 Å². The van der Waals surface area contributed by atoms with E-state index in [0.717, 1.165) is 10.0 Å². The molecular formula is C16H16BrClFN. The van der Waals surface area contributed by atoms with E-state index >= 15 is 0 Å². The van der Waals surface area contributed by atoms with E-state index in [-0.39, 0.29) is 11.9 Å². The third-order valence-electron chi connectivity index (χ3n) is 3.31. The Kier molecular flexibility index (Phi) is 5.19. The molecule has 1 nitrogen and oxygen atoms in total. The Hall–Kier alpha value is -0.900. The van der Waals surface area contributed by atoms with E-state index in [0.29, 0.717) is 17.0 Å². The number of nitrogens with one attached hydrogen (secondary N) is 1. The number of hydrogen-bond donors (Lipinski definition) is 1. The van der Waals surface area contributed by atoms with Gasteiger partial charge in [0.05, 0.1) is 0 Å². The van der Waals surface area contributed by atoms with Crippen LogP contribution in [-0.2, 0) is 6.42 Å². The number of likely N-dealkylation sites (N-methyl/N-ethyl adjacent to an activating group) is 1. The van der Waals surface area contributed by atoms with Crippen molar-refractivity contribution in [2.24, 2.45) is 0 Å². The molecule has 0 spiro atoms. The highest BCUT2D eigenvalue weighted by Crippen LogP contribution is 2.28. The van der Waals surface area contributed by atoms with Gasteiger partial charge >= 0.3 is 0 Å². The van der Waals surface area contributed by atoms with Crippen molar-refractivity contribution in [2.45, 2.75) is 19.4 Å². The SMILES string of the molecule is CNC(Cc1cc(Cl)ccc1F)c1ccc(C)cc1Br. The van der Waals surface area contributed by atoms with Gasteiger partial charge in [-0.2, -0.15) is 0 Å². The lowest BCUT2D eigenvalue weighted by Crippen LogP contribution is -2.20. The number of benzene rings is 2. The maximum absolute atomic E-state index is 13.8. The van der Waals surface area contributed by atoms with E-state index in [9.17, 15) is 4.39 Å². The van der Waals surface area contributed by atoms with Crippen LogP contribution in [0.3, 0.4) is 0 Å². The molecule has 0 bridgehead atoms. The lowest BCUT2D eigenvalue weighted by Gasteiger charge is -2.19. The Morgan fingerprint density at radius 2 is 2.00 bits per heavy atom. The minimum Gasteiger partial charge on any atom is -0.313 e. The molecule has 1 unspecified atom stereocenters. The van der Waals surface area contributed by atoms with Crippen molar-refractivity contribution in [3.8, 4) is 0 Å². The number of rotatable bonds is 4. The predicted octanol–water partition coefficient (Wildman–Crippen LogP) is 5.05. The highest BCUT2D eigenvalue weighted by molar-refractivity contribution is 9.10. The molecule has 0 aliphatic carbocycles. The van der Waals surface area contributed by atoms with Crippen LogP contribution in [0, 0.1) is 12.7 Å². The fourth-order valence-electron chi connectivity index (χ4n) is 2.20. The van der Waals surface area contributed by atoms with Crippen LogP contribution in [-0.4, -0.2) is 7.05 Å². The van der Waals surface area contributed by atoms with Crippen LogP contribution in [0.2, 0.25) is 5.02 Å². The van der Waals surface area contributed by atoms with Gasteiger partial charge in [0.25, 0.3) is 0 Å². The fraction of sp³-hybridized carbons (Fsp3) is 0.250. The van der Waals surface area contributed by atoms with Crippen LogP contribution in [0.4, 0.5) is 4.39 Å². The summed E-state index contributed by atoms with van der Waals surface area (Å²) in [5.74, 6) is -0.224. The second kappa shape index (κ2) is 6.70. The summed E-state index contributed by atoms with van der Waals surface area (Å²) in [6.45, 7) is 2.04. The van der Waals surface area contributed by atoms with Gasteiger partial charge in [0.15, 0.2) is 0 Å². The molecule has 1 N–H and O–H groups in total. The predicted molar refractivity (Wildman–Crippen MR) is 85.8 cm³/mol. The maximum Gasteiger partial charge on any atom is 0.126 e. The number of aryl methyl sites for hydroxylation is 1. The summed E-state index contributed by atoms with van der Waals surface area (Å²) in [5, 5.41) is 3.79. The molecule has 0 fully saturated rings. The van der Waals surface area contributed by atoms with Crippen molar-refractivity contribution in [3.63, 3.8) is 0 Å². The summed E-state index contributed by atoms with van der Waals surface area (Å²) in [7, 11) is 1.87. The summed E-state index contributed by atoms with van der Waals surface area (Å²) >= 11 is 9.52. The molecule has 2 aromatic carbocycles. The van der Waals surface area contributed by atoms with Crippen molar-refractivity contribution in [1.82, 2.24) is 5.32 Å². The molecule has 0 radical (unpaired) electrons. The van der Waals surface area contributed by atoms with Crippen LogP contribution in [0.5, 0.6) is 0 Å². The zero-order chi connectivity index (χ0) is 14.7. The van der Waals surface area contributed by atoms with Gasteiger partial charge in [-0.05, 0) is 61.3 Å². The average molecular weight is 357 g/mol. The molecule has 0 aromatic heterocycles. The minimum atomic E-state index is -0.224. The summed E-state index contributed by atoms with van der Waals surface area (Å²) < 4.78 is 14.9. The fourth-order valence-corrected chi connectivity index (χ4v) is 3.17. The van der Waals surface area contributed by atoms with Crippen molar-refractivity contribution >= 4 is 27.5 Å². The third kappa shape index (κ3) is 3.60. The van der Waals surface area contributed by atoms with Crippen molar-refractivity contribution in [2.75, 3.05) is 7.05 Å². The molecule has 4 heteroatoms. The molecule has 0 saturated carbocycles. The zero-order valence-electron chi connectivity index (χ0n) is 11.4. The maximum atomic E-state index is 13.8. The van der Waals surface area contributed by atoms with Gasteiger partial charge in [-0.1, -0.05) is 39.7 Å². The first-order valence-corrected chi connectivity index (χ1v) is 7.55. The van der Waals surface area contributed by atoms with Crippen LogP contribution < -0.4 is 5.32 Å². The summed E-state index contributed by atoms with van der Waals surface area (Å²) in [5.41, 5.74) is 2.91. The molecule has 106 valence electrons. The molecule has 0 amide bonds. The highest BCUT2D eigenvalue weighted by Gasteiger charge is 2.15. The molecule has 0 heterocycles. The Bertz CT molecular complexity index is 615. The van der Waals surface area contributed by atoms with Crippen molar-refractivity contribution in [3.05, 3.63) is 68.4 Å². The second-order valence-corrected chi connectivity index (χ2v) is 6.10. The van der Waals surface area contributed by atoms with Crippen LogP contribution in [0.15, 0.2) is 40.9 Å². The molecule has 1 atom stereocenters. The van der Waals surface area contributed by atoms with Crippen LogP contribution >= 0.6 is 27.5 Å². The standard InChI is InChI=1S/C16H16BrClFN/c1-10-3-5-13(14(17)7-10)16(20-2)9-11-8-12(18)4-6-15(11)19/h3-8,16,20H,9H2,1-2H3. The third-order valence-corrected chi connectivity index (χ3v) is 4.23. The Labute approximate surface area is 132 Å². The molecule has 2 rings (SSSR count). The first-order chi connectivity index (χ1) is 9.51. The molecule has 0 aliphatic rings. The smallest absolute Gasteiger partial charge is 0.126 e. The molecular weight excluding hydrogens is 341 g/mol. The van der Waals surface area contributed by atoms with Gasteiger partial charge in [0.2, 0.25) is 0 Å². The Morgan fingerprint density at radius 1 is 1.25 bits per heavy atom. The van der Waals surface area contributed by atoms with Gasteiger partial charge < -0.3 is 5.32 Å². The van der Waals surface area contributed by atoms with E-state index in [2.05, 4.69) is 39.4 Å². The van der Waals surface area contributed by atoms with Gasteiger partial charge in [0.1, 0.15) is 5.82 Å². The van der Waals surface area contributed by atoms with Crippen LogP contribution in [0.1, 0.15) is 22.7 Å². The molecule has 0 aliphatic heterocycles. The second-order valence-electron chi connectivity index (χ2n) is 4.81. The van der Waals surface area contributed by atoms with Gasteiger partial charge in [-0.3, -0.25) is 0 Å². The normalized spacial score (nSPS) is 12.4. The first kappa shape index (κ1) is 15.5. The van der Waals surface area contributed by atoms with E-state index in [4.69, 9.17) is 11.6 Å². The van der Waals surface area contributed by atoms with Gasteiger partial charge in [0, 0.05) is 15.5 Å². The minimum absolute atomic E-state index is 0.0259. The average Bonchev–Trinajstić information content (AvgIpc) is 2.40. The zero-order valence-corrected chi connectivity index (χ0v) is 13.7. The summed E-state index contributed by atoms with van der Waals surface area (Å²) in [4.78, 5) is 0. The van der Waals surface area contributed by atoms with Crippen LogP contribution in [0.25, 0.3) is 0 Å². The molecule has 2 aromatic rings. The van der Waals surface area contributed by atoms with Crippen molar-refractivity contribution in [1.29, 1.82) is 0 Å². The first-order valence-electron chi connectivity index (χ1n) is 6.38.